The van der Waals surface area contributed by atoms with E-state index in [0.29, 0.717) is 49.2 Å². The number of nitriles is 1. The molecule has 0 unspecified atom stereocenters. The van der Waals surface area contributed by atoms with Crippen molar-refractivity contribution in [2.45, 2.75) is 40.9 Å². The fourth-order valence-electron chi connectivity index (χ4n) is 4.55. The Bertz CT molecular complexity index is 1570. The van der Waals surface area contributed by atoms with E-state index in [0.717, 1.165) is 11.3 Å². The van der Waals surface area contributed by atoms with Crippen molar-refractivity contribution < 1.29 is 13.2 Å². The minimum atomic E-state index is -3.82. The molecular weight excluding hydrogens is 579 g/mol. The van der Waals surface area contributed by atoms with Crippen molar-refractivity contribution in [1.29, 1.82) is 5.26 Å². The summed E-state index contributed by atoms with van der Waals surface area (Å²) in [5, 5.41) is 8.74. The second-order valence-electron chi connectivity index (χ2n) is 8.71. The lowest BCUT2D eigenvalue weighted by molar-refractivity contribution is -0.130. The van der Waals surface area contributed by atoms with E-state index in [1.807, 2.05) is 16.2 Å². The number of carbonyl (C=O) groups is 1. The number of hydrogen-bond acceptors (Lipinski definition) is 6. The molecule has 0 N–H and O–H groups in total. The van der Waals surface area contributed by atoms with E-state index in [1.54, 1.807) is 42.7 Å². The van der Waals surface area contributed by atoms with Gasteiger partial charge in [0.05, 0.1) is 22.7 Å². The van der Waals surface area contributed by atoms with Gasteiger partial charge in [0.1, 0.15) is 0 Å². The van der Waals surface area contributed by atoms with Gasteiger partial charge in [-0.25, -0.2) is 22.4 Å². The molecule has 2 atom stereocenters. The highest BCUT2D eigenvalue weighted by molar-refractivity contribution is 14.1. The molecular formula is C24H23IN6O3S. The van der Waals surface area contributed by atoms with Gasteiger partial charge >= 0.3 is 0 Å². The molecule has 1 aliphatic heterocycles. The first-order valence-corrected chi connectivity index (χ1v) is 13.9. The minimum absolute atomic E-state index is 0.0353. The molecule has 1 fully saturated rings. The first-order valence-electron chi connectivity index (χ1n) is 11.3. The van der Waals surface area contributed by atoms with Crippen LogP contribution in [0, 0.1) is 18.3 Å². The van der Waals surface area contributed by atoms with Crippen LogP contribution < -0.4 is 0 Å². The van der Waals surface area contributed by atoms with Gasteiger partial charge in [0, 0.05) is 53.9 Å². The van der Waals surface area contributed by atoms with Crippen LogP contribution in [0.15, 0.2) is 53.8 Å². The number of unbranched alkanes of at least 4 members (excludes halogenated alkanes) is 1. The molecule has 1 saturated heterocycles. The molecule has 5 rings (SSSR count). The number of benzene rings is 1. The summed E-state index contributed by atoms with van der Waals surface area (Å²) in [7, 11) is -3.82. The molecule has 4 aromatic rings. The predicted octanol–water partition coefficient (Wildman–Crippen LogP) is 3.65. The van der Waals surface area contributed by atoms with Gasteiger partial charge in [-0.1, -0.05) is 40.3 Å². The van der Waals surface area contributed by atoms with Crippen molar-refractivity contribution in [3.63, 3.8) is 0 Å². The Balaban J connectivity index is 1.52. The van der Waals surface area contributed by atoms with Crippen LogP contribution in [0.3, 0.4) is 0 Å². The molecule has 180 valence electrons. The van der Waals surface area contributed by atoms with Crippen molar-refractivity contribution in [3.05, 3.63) is 60.2 Å². The Labute approximate surface area is 216 Å². The number of hydrogen-bond donors (Lipinski definition) is 0. The lowest BCUT2D eigenvalue weighted by Gasteiger charge is -2.16. The van der Waals surface area contributed by atoms with Gasteiger partial charge in [0.25, 0.3) is 10.0 Å². The summed E-state index contributed by atoms with van der Waals surface area (Å²) in [5.74, 6) is 0.0913. The number of amides is 1. The second kappa shape index (κ2) is 9.23. The molecule has 4 heterocycles. The maximum atomic E-state index is 13.3. The molecule has 1 aromatic carbocycles. The molecule has 0 bridgehead atoms. The highest BCUT2D eigenvalue weighted by Gasteiger charge is 2.36. The first-order chi connectivity index (χ1) is 16.8. The van der Waals surface area contributed by atoms with Crippen LogP contribution >= 0.6 is 22.6 Å². The van der Waals surface area contributed by atoms with E-state index in [1.165, 1.54) is 10.2 Å². The van der Waals surface area contributed by atoms with Gasteiger partial charge in [0.2, 0.25) is 5.91 Å². The fourth-order valence-corrected chi connectivity index (χ4v) is 6.92. The zero-order valence-corrected chi connectivity index (χ0v) is 22.0. The molecule has 9 nitrogen and oxygen atoms in total. The Morgan fingerprint density at radius 2 is 1.94 bits per heavy atom. The molecule has 0 spiro atoms. The van der Waals surface area contributed by atoms with Crippen molar-refractivity contribution in [3.8, 4) is 6.07 Å². The molecule has 3 aromatic heterocycles. The maximum Gasteiger partial charge on any atom is 0.269 e. The van der Waals surface area contributed by atoms with E-state index >= 15 is 0 Å². The average molecular weight is 602 g/mol. The van der Waals surface area contributed by atoms with E-state index in [4.69, 9.17) is 5.26 Å². The van der Waals surface area contributed by atoms with E-state index in [9.17, 15) is 13.2 Å². The van der Waals surface area contributed by atoms with Crippen LogP contribution in [-0.2, 0) is 14.8 Å². The van der Waals surface area contributed by atoms with Gasteiger partial charge in [-0.3, -0.25) is 9.20 Å². The topological polar surface area (TPSA) is 113 Å². The van der Waals surface area contributed by atoms with Gasteiger partial charge < -0.3 is 4.90 Å². The van der Waals surface area contributed by atoms with Crippen molar-refractivity contribution in [2.24, 2.45) is 0 Å². The minimum Gasteiger partial charge on any atom is -0.341 e. The summed E-state index contributed by atoms with van der Waals surface area (Å²) in [6.45, 7) is 3.09. The Kier molecular flexibility index (Phi) is 6.27. The van der Waals surface area contributed by atoms with Crippen LogP contribution in [0.5, 0.6) is 0 Å². The third-order valence-corrected chi connectivity index (χ3v) is 9.35. The second-order valence-corrected chi connectivity index (χ2v) is 12.1. The van der Waals surface area contributed by atoms with Gasteiger partial charge in [0.15, 0.2) is 11.3 Å². The monoisotopic (exact) mass is 602 g/mol. The third-order valence-electron chi connectivity index (χ3n) is 6.40. The molecule has 35 heavy (non-hydrogen) atoms. The first kappa shape index (κ1) is 23.7. The van der Waals surface area contributed by atoms with Crippen LogP contribution in [-0.4, -0.2) is 54.6 Å². The number of carbonyl (C=O) groups excluding carboxylic acids is 1. The lowest BCUT2D eigenvalue weighted by atomic mass is 10.1. The molecule has 0 saturated carbocycles. The number of imidazole rings is 1. The number of aryl methyl sites for hydroxylation is 1. The average Bonchev–Trinajstić information content (AvgIpc) is 3.55. The SMILES string of the molecule is Cc1ccc(S(=O)(=O)n2ccc3c2ncc2ncc([C@H]4CN(C(=O)CCCC#N)C[C@H]4I)n23)cc1. The zero-order valence-electron chi connectivity index (χ0n) is 19.0. The standard InChI is InChI=1S/C24H23IN6O3S/c1-16-5-7-17(8-6-16)35(33,34)30-11-9-20-24(30)28-13-22-27-12-21(31(20)22)18-14-29(15-19(18)25)23(32)4-2-3-10-26/h5-9,11-13,18-19H,2-4,14-15H2,1H3/t18-,19+/m0/s1. The summed E-state index contributed by atoms with van der Waals surface area (Å²) in [6.07, 6.45) is 6.20. The summed E-state index contributed by atoms with van der Waals surface area (Å²) in [4.78, 5) is 23.6. The lowest BCUT2D eigenvalue weighted by Crippen LogP contribution is -2.28. The predicted molar refractivity (Wildman–Crippen MR) is 139 cm³/mol. The van der Waals surface area contributed by atoms with Gasteiger partial charge in [-0.15, -0.1) is 0 Å². The summed E-state index contributed by atoms with van der Waals surface area (Å²) < 4.78 is 30.0. The highest BCUT2D eigenvalue weighted by atomic mass is 127. The smallest absolute Gasteiger partial charge is 0.269 e. The normalized spacial score (nSPS) is 18.4. The zero-order chi connectivity index (χ0) is 24.7. The molecule has 11 heteroatoms. The highest BCUT2D eigenvalue weighted by Crippen LogP contribution is 2.35. The Hall–Kier alpha value is -2.98. The number of likely N-dealkylation sites (tertiary alicyclic amines) is 1. The molecule has 0 aliphatic carbocycles. The van der Waals surface area contributed by atoms with Crippen LogP contribution in [0.4, 0.5) is 0 Å². The summed E-state index contributed by atoms with van der Waals surface area (Å²) >= 11 is 2.37. The number of rotatable bonds is 6. The summed E-state index contributed by atoms with van der Waals surface area (Å²) in [5.41, 5.74) is 3.49. The summed E-state index contributed by atoms with van der Waals surface area (Å²) in [6, 6.07) is 10.6. The third kappa shape index (κ3) is 4.18. The van der Waals surface area contributed by atoms with Crippen molar-refractivity contribution in [1.82, 2.24) is 23.2 Å². The largest absolute Gasteiger partial charge is 0.341 e. The van der Waals surface area contributed by atoms with Crippen LogP contribution in [0.2, 0.25) is 0 Å². The number of aromatic nitrogens is 4. The number of alkyl halides is 1. The van der Waals surface area contributed by atoms with Crippen LogP contribution in [0.1, 0.15) is 36.4 Å². The van der Waals surface area contributed by atoms with E-state index in [2.05, 4.69) is 38.6 Å². The number of nitrogens with zero attached hydrogens (tertiary/aromatic N) is 6. The maximum absolute atomic E-state index is 13.3. The quantitative estimate of drug-likeness (QED) is 0.189. The number of fused-ring (bicyclic) bond motifs is 3. The van der Waals surface area contributed by atoms with Gasteiger partial charge in [-0.05, 0) is 31.5 Å². The molecule has 0 radical (unpaired) electrons. The fraction of sp³-hybridized carbons (Fsp3) is 0.333. The molecule has 1 amide bonds. The molecule has 1 aliphatic rings. The Morgan fingerprint density at radius 1 is 1.17 bits per heavy atom. The van der Waals surface area contributed by atoms with E-state index < -0.39 is 10.0 Å². The van der Waals surface area contributed by atoms with Crippen molar-refractivity contribution >= 4 is 55.3 Å². The number of halogens is 1. The van der Waals surface area contributed by atoms with Crippen molar-refractivity contribution in [2.75, 3.05) is 13.1 Å². The van der Waals surface area contributed by atoms with Crippen LogP contribution in [0.25, 0.3) is 16.8 Å². The Morgan fingerprint density at radius 3 is 2.69 bits per heavy atom. The van der Waals surface area contributed by atoms with Gasteiger partial charge in [-0.2, -0.15) is 5.26 Å². The van der Waals surface area contributed by atoms with E-state index in [-0.39, 0.29) is 20.6 Å².